The predicted molar refractivity (Wildman–Crippen MR) is 148 cm³/mol. The van der Waals surface area contributed by atoms with Crippen molar-refractivity contribution in [2.24, 2.45) is 11.8 Å². The lowest BCUT2D eigenvalue weighted by Gasteiger charge is -2.22. The second kappa shape index (κ2) is 16.1. The molecule has 3 heterocycles. The van der Waals surface area contributed by atoms with Crippen molar-refractivity contribution in [3.8, 4) is 0 Å². The number of rotatable bonds is 0. The molecule has 34 heavy (non-hydrogen) atoms. The van der Waals surface area contributed by atoms with E-state index in [4.69, 9.17) is 0 Å². The molecule has 3 aliphatic rings. The first-order chi connectivity index (χ1) is 16.7. The van der Waals surface area contributed by atoms with Crippen LogP contribution < -0.4 is 9.80 Å². The SMILES string of the molecule is C[C@@H]1CCCC/C=C\CCC2=CC=C[NH+](C2)C[C@H](C)CCCC/C=C\CCC2=C[NH+](CC=C2)C1. The van der Waals surface area contributed by atoms with Gasteiger partial charge in [0.15, 0.2) is 0 Å². The summed E-state index contributed by atoms with van der Waals surface area (Å²) in [6.07, 6.45) is 39.4. The van der Waals surface area contributed by atoms with E-state index in [-0.39, 0.29) is 0 Å². The van der Waals surface area contributed by atoms with Crippen LogP contribution in [0.4, 0.5) is 0 Å². The Morgan fingerprint density at radius 3 is 2.09 bits per heavy atom. The first-order valence-corrected chi connectivity index (χ1v) is 14.4. The summed E-state index contributed by atoms with van der Waals surface area (Å²) in [7, 11) is 0. The van der Waals surface area contributed by atoms with Crippen LogP contribution in [-0.4, -0.2) is 26.2 Å². The van der Waals surface area contributed by atoms with Gasteiger partial charge in [0.05, 0.1) is 25.5 Å². The monoisotopic (exact) mass is 464 g/mol. The molecule has 0 saturated heterocycles. The molecular formula is C32H52N2+2. The van der Waals surface area contributed by atoms with E-state index in [1.165, 1.54) is 102 Å². The Labute approximate surface area is 210 Å². The van der Waals surface area contributed by atoms with Crippen molar-refractivity contribution in [3.05, 3.63) is 72.2 Å². The molecule has 0 radical (unpaired) electrons. The number of nitrogens with one attached hydrogen (secondary N) is 2. The van der Waals surface area contributed by atoms with E-state index in [2.05, 4.69) is 74.9 Å². The van der Waals surface area contributed by atoms with Gasteiger partial charge in [0.25, 0.3) is 0 Å². The molecule has 0 spiro atoms. The van der Waals surface area contributed by atoms with Gasteiger partial charge in [-0.1, -0.05) is 63.1 Å². The Morgan fingerprint density at radius 2 is 1.35 bits per heavy atom. The molecule has 2 unspecified atom stereocenters. The van der Waals surface area contributed by atoms with E-state index in [1.807, 2.05) is 0 Å². The average molecular weight is 465 g/mol. The summed E-state index contributed by atoms with van der Waals surface area (Å²) in [6, 6.07) is 0. The maximum Gasteiger partial charge on any atom is 0.103 e. The minimum Gasteiger partial charge on any atom is -0.305 e. The van der Waals surface area contributed by atoms with Crippen LogP contribution in [0.2, 0.25) is 0 Å². The van der Waals surface area contributed by atoms with Crippen LogP contribution in [0, 0.1) is 11.8 Å². The van der Waals surface area contributed by atoms with Gasteiger partial charge in [0, 0.05) is 17.4 Å². The highest BCUT2D eigenvalue weighted by Crippen LogP contribution is 2.13. The van der Waals surface area contributed by atoms with Crippen molar-refractivity contribution in [2.75, 3.05) is 26.2 Å². The number of hydrogen-bond donors (Lipinski definition) is 2. The molecule has 0 aromatic heterocycles. The number of allylic oxidation sites excluding steroid dienone is 8. The lowest BCUT2D eigenvalue weighted by molar-refractivity contribution is -0.846. The van der Waals surface area contributed by atoms with E-state index in [0.29, 0.717) is 0 Å². The molecule has 4 atom stereocenters. The highest BCUT2D eigenvalue weighted by atomic mass is 15.1. The highest BCUT2D eigenvalue weighted by molar-refractivity contribution is 5.18. The van der Waals surface area contributed by atoms with Gasteiger partial charge in [-0.05, 0) is 81.9 Å². The van der Waals surface area contributed by atoms with Crippen LogP contribution in [0.15, 0.2) is 72.2 Å². The first-order valence-electron chi connectivity index (χ1n) is 14.4. The summed E-state index contributed by atoms with van der Waals surface area (Å²) in [5, 5.41) is 0. The summed E-state index contributed by atoms with van der Waals surface area (Å²) in [6.45, 7) is 9.82. The average Bonchev–Trinajstić information content (AvgIpc) is 2.82. The molecule has 3 rings (SSSR count). The molecule has 2 N–H and O–H groups in total. The Morgan fingerprint density at radius 1 is 0.706 bits per heavy atom. The molecule has 2 nitrogen and oxygen atoms in total. The zero-order valence-corrected chi connectivity index (χ0v) is 22.2. The molecule has 4 bridgehead atoms. The van der Waals surface area contributed by atoms with E-state index in [9.17, 15) is 0 Å². The topological polar surface area (TPSA) is 8.88 Å². The first kappa shape index (κ1) is 27.0. The van der Waals surface area contributed by atoms with Crippen molar-refractivity contribution in [3.63, 3.8) is 0 Å². The van der Waals surface area contributed by atoms with E-state index in [1.54, 1.807) is 15.4 Å². The van der Waals surface area contributed by atoms with Crippen LogP contribution in [0.3, 0.4) is 0 Å². The molecule has 188 valence electrons. The third kappa shape index (κ3) is 11.2. The molecule has 0 aliphatic carbocycles. The zero-order chi connectivity index (χ0) is 23.8. The molecule has 3 aliphatic heterocycles. The summed E-state index contributed by atoms with van der Waals surface area (Å²) in [5.74, 6) is 1.61. The van der Waals surface area contributed by atoms with Crippen LogP contribution >= 0.6 is 0 Å². The Bertz CT molecular complexity index is 751. The minimum atomic E-state index is 0.805. The van der Waals surface area contributed by atoms with Crippen LogP contribution in [0.5, 0.6) is 0 Å². The van der Waals surface area contributed by atoms with Crippen LogP contribution in [0.1, 0.15) is 90.9 Å². The fourth-order valence-electron chi connectivity index (χ4n) is 5.67. The van der Waals surface area contributed by atoms with Gasteiger partial charge in [-0.15, -0.1) is 0 Å². The molecule has 2 heteroatoms. The van der Waals surface area contributed by atoms with Crippen LogP contribution in [0.25, 0.3) is 0 Å². The number of fused-ring (bicyclic) bond motifs is 3. The summed E-state index contributed by atoms with van der Waals surface area (Å²) >= 11 is 0. The van der Waals surface area contributed by atoms with Crippen molar-refractivity contribution in [1.29, 1.82) is 0 Å². The Balaban J connectivity index is 1.48. The van der Waals surface area contributed by atoms with E-state index >= 15 is 0 Å². The quantitative estimate of drug-likeness (QED) is 0.423. The Hall–Kier alpha value is -1.64. The second-order valence-electron chi connectivity index (χ2n) is 11.2. The van der Waals surface area contributed by atoms with Crippen molar-refractivity contribution in [2.45, 2.75) is 90.9 Å². The van der Waals surface area contributed by atoms with Crippen molar-refractivity contribution < 1.29 is 9.80 Å². The zero-order valence-electron chi connectivity index (χ0n) is 22.2. The van der Waals surface area contributed by atoms with Crippen molar-refractivity contribution in [1.82, 2.24) is 0 Å². The lowest BCUT2D eigenvalue weighted by atomic mass is 10.00. The highest BCUT2D eigenvalue weighted by Gasteiger charge is 2.16. The van der Waals surface area contributed by atoms with Gasteiger partial charge >= 0.3 is 0 Å². The standard InChI is InChI=1S/C32H50N2/c1-29-17-11-7-3-5-9-14-20-32-22-16-24-34(28-32)26-30(2)18-12-8-4-6-10-13-19-31-21-15-23-33(25-29)27-31/h5-6,9-10,15-16,21-23,28-30H,3-4,7-8,11-14,17-20,24-27H2,1-2H3/p+2/b9-5-,10-6-/t29-,30-/m1/s1. The normalized spacial score (nSPS) is 32.9. The summed E-state index contributed by atoms with van der Waals surface area (Å²) < 4.78 is 0. The van der Waals surface area contributed by atoms with Gasteiger partial charge in [-0.2, -0.15) is 0 Å². The van der Waals surface area contributed by atoms with Gasteiger partial charge in [0.1, 0.15) is 13.1 Å². The van der Waals surface area contributed by atoms with Crippen molar-refractivity contribution >= 4 is 0 Å². The van der Waals surface area contributed by atoms with Gasteiger partial charge in [-0.25, -0.2) is 0 Å². The van der Waals surface area contributed by atoms with Crippen LogP contribution in [-0.2, 0) is 0 Å². The minimum absolute atomic E-state index is 0.805. The molecular weight excluding hydrogens is 412 g/mol. The number of hydrogen-bond acceptors (Lipinski definition) is 0. The fourth-order valence-corrected chi connectivity index (χ4v) is 5.67. The van der Waals surface area contributed by atoms with E-state index < -0.39 is 0 Å². The lowest BCUT2D eigenvalue weighted by Crippen LogP contribution is -3.08. The third-order valence-corrected chi connectivity index (χ3v) is 7.64. The second-order valence-corrected chi connectivity index (χ2v) is 11.2. The Kier molecular flexibility index (Phi) is 12.8. The van der Waals surface area contributed by atoms with E-state index in [0.717, 1.165) is 18.4 Å². The fraction of sp³-hybridized carbons (Fsp3) is 0.625. The molecule has 0 amide bonds. The largest absolute Gasteiger partial charge is 0.305 e. The summed E-state index contributed by atoms with van der Waals surface area (Å²) in [4.78, 5) is 3.30. The summed E-state index contributed by atoms with van der Waals surface area (Å²) in [5.41, 5.74) is 3.16. The molecule has 0 aromatic carbocycles. The molecule has 0 saturated carbocycles. The van der Waals surface area contributed by atoms with Gasteiger partial charge in [-0.3, -0.25) is 0 Å². The number of quaternary nitrogens is 2. The third-order valence-electron chi connectivity index (χ3n) is 7.64. The molecule has 0 aromatic rings. The van der Waals surface area contributed by atoms with Gasteiger partial charge < -0.3 is 9.80 Å². The maximum atomic E-state index is 2.51. The van der Waals surface area contributed by atoms with Gasteiger partial charge in [0.2, 0.25) is 0 Å². The molecule has 0 fully saturated rings. The maximum absolute atomic E-state index is 2.51. The smallest absolute Gasteiger partial charge is 0.103 e. The predicted octanol–water partition coefficient (Wildman–Crippen LogP) is 5.74.